The van der Waals surface area contributed by atoms with Gasteiger partial charge in [0.2, 0.25) is 0 Å². The van der Waals surface area contributed by atoms with Gasteiger partial charge in [-0.15, -0.1) is 0 Å². The fourth-order valence-corrected chi connectivity index (χ4v) is 0.960. The van der Waals surface area contributed by atoms with Gasteiger partial charge in [-0.2, -0.15) is 0 Å². The van der Waals surface area contributed by atoms with E-state index in [9.17, 15) is 9.90 Å². The average molecular weight is 194 g/mol. The van der Waals surface area contributed by atoms with Gasteiger partial charge in [0.1, 0.15) is 0 Å². The molecule has 3 N–H and O–H groups in total. The third-order valence-electron chi connectivity index (χ3n) is 1.76. The number of phenols is 2. The highest BCUT2D eigenvalue weighted by Gasteiger charge is 2.05. The second-order valence-electron chi connectivity index (χ2n) is 2.85. The van der Waals surface area contributed by atoms with Crippen molar-refractivity contribution in [3.05, 3.63) is 29.3 Å². The van der Waals surface area contributed by atoms with Gasteiger partial charge < -0.3 is 15.3 Å². The number of benzene rings is 1. The van der Waals surface area contributed by atoms with Crippen LogP contribution in [0.1, 0.15) is 12.5 Å². The van der Waals surface area contributed by atoms with Gasteiger partial charge in [-0.1, -0.05) is 12.1 Å². The minimum absolute atomic E-state index is 0.0888. The number of carboxylic acids is 1. The minimum atomic E-state index is -1.06. The Morgan fingerprint density at radius 2 is 2.00 bits per heavy atom. The molecule has 1 aromatic rings. The Hall–Kier alpha value is -1.97. The van der Waals surface area contributed by atoms with E-state index >= 15 is 0 Å². The third kappa shape index (κ3) is 2.04. The summed E-state index contributed by atoms with van der Waals surface area (Å²) in [4.78, 5) is 10.5. The highest BCUT2D eigenvalue weighted by atomic mass is 16.4. The molecule has 0 aromatic heterocycles. The van der Waals surface area contributed by atoms with E-state index in [0.29, 0.717) is 0 Å². The van der Waals surface area contributed by atoms with E-state index in [0.717, 1.165) is 0 Å². The van der Waals surface area contributed by atoms with Gasteiger partial charge in [-0.25, -0.2) is 4.79 Å². The number of hydrogen-bond donors (Lipinski definition) is 3. The summed E-state index contributed by atoms with van der Waals surface area (Å²) in [6.45, 7) is 1.41. The molecule has 0 unspecified atom stereocenters. The Labute approximate surface area is 80.7 Å². The van der Waals surface area contributed by atoms with Gasteiger partial charge >= 0.3 is 5.97 Å². The van der Waals surface area contributed by atoms with Crippen LogP contribution in [0.3, 0.4) is 0 Å². The minimum Gasteiger partial charge on any atom is -0.504 e. The quantitative estimate of drug-likeness (QED) is 0.493. The molecule has 4 nitrogen and oxygen atoms in total. The monoisotopic (exact) mass is 194 g/mol. The normalized spacial score (nSPS) is 11.4. The maximum atomic E-state index is 10.5. The summed E-state index contributed by atoms with van der Waals surface area (Å²) in [6.07, 6.45) is 1.29. The van der Waals surface area contributed by atoms with Gasteiger partial charge in [-0.05, 0) is 19.1 Å². The molecule has 4 heteroatoms. The maximum absolute atomic E-state index is 10.5. The Bertz CT molecular complexity index is 393. The van der Waals surface area contributed by atoms with E-state index in [1.165, 1.54) is 31.2 Å². The summed E-state index contributed by atoms with van der Waals surface area (Å²) < 4.78 is 0. The van der Waals surface area contributed by atoms with Crippen LogP contribution in [-0.4, -0.2) is 21.3 Å². The molecule has 14 heavy (non-hydrogen) atoms. The first-order chi connectivity index (χ1) is 6.52. The van der Waals surface area contributed by atoms with Crippen LogP contribution in [-0.2, 0) is 4.79 Å². The Morgan fingerprint density at radius 3 is 2.57 bits per heavy atom. The lowest BCUT2D eigenvalue weighted by molar-refractivity contribution is -0.132. The molecular formula is C10H10O4. The molecule has 0 amide bonds. The van der Waals surface area contributed by atoms with Gasteiger partial charge in [0.05, 0.1) is 0 Å². The molecule has 0 fully saturated rings. The first-order valence-corrected chi connectivity index (χ1v) is 3.95. The SMILES string of the molecule is CC(=Cc1cccc(O)c1O)C(=O)O. The first kappa shape index (κ1) is 10.1. The molecule has 0 saturated heterocycles. The van der Waals surface area contributed by atoms with Crippen LogP contribution in [0.25, 0.3) is 6.08 Å². The van der Waals surface area contributed by atoms with Crippen molar-refractivity contribution >= 4 is 12.0 Å². The van der Waals surface area contributed by atoms with E-state index in [1.54, 1.807) is 0 Å². The zero-order valence-corrected chi connectivity index (χ0v) is 7.56. The molecule has 0 bridgehead atoms. The van der Waals surface area contributed by atoms with E-state index in [4.69, 9.17) is 10.2 Å². The van der Waals surface area contributed by atoms with E-state index in [-0.39, 0.29) is 22.6 Å². The van der Waals surface area contributed by atoms with Crippen molar-refractivity contribution in [2.45, 2.75) is 6.92 Å². The summed E-state index contributed by atoms with van der Waals surface area (Å²) in [5.74, 6) is -1.64. The van der Waals surface area contributed by atoms with Crippen LogP contribution in [0.15, 0.2) is 23.8 Å². The molecule has 0 aliphatic carbocycles. The molecule has 1 rings (SSSR count). The number of rotatable bonds is 2. The number of aromatic hydroxyl groups is 2. The summed E-state index contributed by atoms with van der Waals surface area (Å²) in [6, 6.07) is 4.36. The summed E-state index contributed by atoms with van der Waals surface area (Å²) in [5.41, 5.74) is 0.371. The molecule has 0 aliphatic heterocycles. The number of phenolic OH excluding ortho intramolecular Hbond substituents is 2. The third-order valence-corrected chi connectivity index (χ3v) is 1.76. The maximum Gasteiger partial charge on any atom is 0.331 e. The highest BCUT2D eigenvalue weighted by Crippen LogP contribution is 2.29. The summed E-state index contributed by atoms with van der Waals surface area (Å²) in [5, 5.41) is 27.1. The van der Waals surface area contributed by atoms with Crippen LogP contribution in [0.2, 0.25) is 0 Å². The molecule has 0 radical (unpaired) electrons. The summed E-state index contributed by atoms with van der Waals surface area (Å²) >= 11 is 0. The predicted molar refractivity (Wildman–Crippen MR) is 51.1 cm³/mol. The van der Waals surface area contributed by atoms with Crippen LogP contribution in [0, 0.1) is 0 Å². The van der Waals surface area contributed by atoms with Gasteiger partial charge in [0, 0.05) is 11.1 Å². The van der Waals surface area contributed by atoms with E-state index < -0.39 is 5.97 Å². The van der Waals surface area contributed by atoms with Crippen molar-refractivity contribution in [1.82, 2.24) is 0 Å². The van der Waals surface area contributed by atoms with Crippen molar-refractivity contribution in [3.63, 3.8) is 0 Å². The van der Waals surface area contributed by atoms with Crippen LogP contribution in [0.4, 0.5) is 0 Å². The number of carboxylic acid groups (broad SMARTS) is 1. The second-order valence-corrected chi connectivity index (χ2v) is 2.85. The largest absolute Gasteiger partial charge is 0.504 e. The number of aliphatic carboxylic acids is 1. The fraction of sp³-hybridized carbons (Fsp3) is 0.100. The van der Waals surface area contributed by atoms with Crippen molar-refractivity contribution in [2.75, 3.05) is 0 Å². The van der Waals surface area contributed by atoms with E-state index in [1.807, 2.05) is 0 Å². The van der Waals surface area contributed by atoms with Gasteiger partial charge in [0.15, 0.2) is 11.5 Å². The van der Waals surface area contributed by atoms with Crippen molar-refractivity contribution < 1.29 is 20.1 Å². The van der Waals surface area contributed by atoms with Crippen LogP contribution in [0.5, 0.6) is 11.5 Å². The summed E-state index contributed by atoms with van der Waals surface area (Å²) in [7, 11) is 0. The van der Waals surface area contributed by atoms with Gasteiger partial charge in [0.25, 0.3) is 0 Å². The lowest BCUT2D eigenvalue weighted by Crippen LogP contribution is -1.95. The molecule has 74 valence electrons. The second kappa shape index (κ2) is 3.83. The number of hydrogen-bond acceptors (Lipinski definition) is 3. The fourth-order valence-electron chi connectivity index (χ4n) is 0.960. The standard InChI is InChI=1S/C10H10O4/c1-6(10(13)14)5-7-3-2-4-8(11)9(7)12/h2-5,11-12H,1H3,(H,13,14). The lowest BCUT2D eigenvalue weighted by Gasteiger charge is -2.01. The smallest absolute Gasteiger partial charge is 0.331 e. The predicted octanol–water partition coefficient (Wildman–Crippen LogP) is 1.59. The Balaban J connectivity index is 3.15. The molecule has 0 spiro atoms. The van der Waals surface area contributed by atoms with Crippen molar-refractivity contribution in [1.29, 1.82) is 0 Å². The topological polar surface area (TPSA) is 77.8 Å². The lowest BCUT2D eigenvalue weighted by atomic mass is 10.1. The molecule has 0 heterocycles. The first-order valence-electron chi connectivity index (χ1n) is 3.95. The molecule has 0 atom stereocenters. The average Bonchev–Trinajstić information content (AvgIpc) is 2.12. The van der Waals surface area contributed by atoms with Gasteiger partial charge in [-0.3, -0.25) is 0 Å². The molecule has 0 saturated carbocycles. The molecular weight excluding hydrogens is 184 g/mol. The Kier molecular flexibility index (Phi) is 2.76. The Morgan fingerprint density at radius 1 is 1.36 bits per heavy atom. The number of carbonyl (C=O) groups is 1. The highest BCUT2D eigenvalue weighted by molar-refractivity contribution is 5.92. The van der Waals surface area contributed by atoms with Crippen LogP contribution < -0.4 is 0 Å². The molecule has 0 aliphatic rings. The number of para-hydroxylation sites is 1. The van der Waals surface area contributed by atoms with Crippen LogP contribution >= 0.6 is 0 Å². The van der Waals surface area contributed by atoms with Crippen molar-refractivity contribution in [3.8, 4) is 11.5 Å². The van der Waals surface area contributed by atoms with E-state index in [2.05, 4.69) is 0 Å². The zero-order valence-electron chi connectivity index (χ0n) is 7.56. The van der Waals surface area contributed by atoms with Crippen molar-refractivity contribution in [2.24, 2.45) is 0 Å². The zero-order chi connectivity index (χ0) is 10.7. The molecule has 1 aromatic carbocycles.